The van der Waals surface area contributed by atoms with Crippen LogP contribution in [-0.2, 0) is 4.74 Å². The molecule has 2 aromatic heterocycles. The molecular weight excluding hydrogens is 294 g/mol. The summed E-state index contributed by atoms with van der Waals surface area (Å²) in [5.41, 5.74) is 1.37. The van der Waals surface area contributed by atoms with Crippen molar-refractivity contribution in [2.75, 3.05) is 18.5 Å². The van der Waals surface area contributed by atoms with Crippen LogP contribution in [-0.4, -0.2) is 39.9 Å². The largest absolute Gasteiger partial charge is 0.376 e. The fourth-order valence-corrected chi connectivity index (χ4v) is 3.15. The van der Waals surface area contributed by atoms with Gasteiger partial charge in [-0.05, 0) is 37.8 Å². The molecule has 2 N–H and O–H groups in total. The maximum atomic E-state index is 12.1. The molecule has 0 bridgehead atoms. The molecule has 2 aromatic rings. The van der Waals surface area contributed by atoms with Crippen LogP contribution in [0.4, 0.5) is 10.5 Å². The second-order valence-electron chi connectivity index (χ2n) is 6.27. The van der Waals surface area contributed by atoms with Crippen molar-refractivity contribution in [1.29, 1.82) is 0 Å². The zero-order valence-corrected chi connectivity index (χ0v) is 13.0. The Balaban J connectivity index is 1.45. The number of aromatic nitrogens is 3. The van der Waals surface area contributed by atoms with Gasteiger partial charge in [0.2, 0.25) is 0 Å². The number of fused-ring (bicyclic) bond motifs is 1. The summed E-state index contributed by atoms with van der Waals surface area (Å²) >= 11 is 0. The number of pyridine rings is 1. The Morgan fingerprint density at radius 1 is 1.30 bits per heavy atom. The number of hydrogen-bond acceptors (Lipinski definition) is 4. The summed E-state index contributed by atoms with van der Waals surface area (Å²) in [6.07, 6.45) is 7.75. The third-order valence-electron chi connectivity index (χ3n) is 4.69. The monoisotopic (exact) mass is 315 g/mol. The number of ether oxygens (including phenoxy) is 1. The number of hydrogen-bond donors (Lipinski definition) is 2. The Labute approximate surface area is 134 Å². The van der Waals surface area contributed by atoms with Crippen LogP contribution in [0.1, 0.15) is 43.8 Å². The minimum Gasteiger partial charge on any atom is -0.376 e. The second kappa shape index (κ2) is 6.16. The number of carbonyl (C=O) groups is 1. The number of carbonyl (C=O) groups excluding carboxylic acids is 1. The first-order valence-corrected chi connectivity index (χ1v) is 8.31. The highest BCUT2D eigenvalue weighted by atomic mass is 16.5. The molecule has 2 amide bonds. The minimum absolute atomic E-state index is 0.134. The highest BCUT2D eigenvalue weighted by Crippen LogP contribution is 2.35. The van der Waals surface area contributed by atoms with Gasteiger partial charge in [-0.25, -0.2) is 4.79 Å². The molecule has 1 saturated heterocycles. The lowest BCUT2D eigenvalue weighted by Crippen LogP contribution is -2.35. The van der Waals surface area contributed by atoms with Gasteiger partial charge in [0.15, 0.2) is 5.65 Å². The van der Waals surface area contributed by atoms with Gasteiger partial charge in [-0.15, -0.1) is 10.2 Å². The van der Waals surface area contributed by atoms with E-state index in [0.29, 0.717) is 23.8 Å². The summed E-state index contributed by atoms with van der Waals surface area (Å²) in [5, 5.41) is 14.3. The van der Waals surface area contributed by atoms with E-state index in [9.17, 15) is 4.79 Å². The molecule has 3 heterocycles. The van der Waals surface area contributed by atoms with Gasteiger partial charge in [0, 0.05) is 25.3 Å². The predicted molar refractivity (Wildman–Crippen MR) is 85.6 cm³/mol. The van der Waals surface area contributed by atoms with Crippen LogP contribution in [0.3, 0.4) is 0 Å². The fraction of sp³-hybridized carbons (Fsp3) is 0.562. The molecule has 1 atom stereocenters. The van der Waals surface area contributed by atoms with Crippen molar-refractivity contribution < 1.29 is 9.53 Å². The van der Waals surface area contributed by atoms with Crippen LogP contribution in [0, 0.1) is 0 Å². The highest BCUT2D eigenvalue weighted by Gasteiger charge is 2.25. The van der Waals surface area contributed by atoms with Crippen molar-refractivity contribution in [3.8, 4) is 0 Å². The van der Waals surface area contributed by atoms with Crippen molar-refractivity contribution >= 4 is 17.4 Å². The molecule has 4 rings (SSSR count). The van der Waals surface area contributed by atoms with E-state index < -0.39 is 0 Å². The molecular formula is C16H21N5O2. The van der Waals surface area contributed by atoms with Crippen LogP contribution >= 0.6 is 0 Å². The zero-order valence-electron chi connectivity index (χ0n) is 13.0. The fourth-order valence-electron chi connectivity index (χ4n) is 3.15. The van der Waals surface area contributed by atoms with Crippen LogP contribution in [0.25, 0.3) is 5.65 Å². The lowest BCUT2D eigenvalue weighted by Gasteiger charge is -2.23. The molecule has 7 heteroatoms. The Kier molecular flexibility index (Phi) is 3.87. The van der Waals surface area contributed by atoms with Gasteiger partial charge < -0.3 is 15.4 Å². The van der Waals surface area contributed by atoms with Crippen molar-refractivity contribution in [3.63, 3.8) is 0 Å². The van der Waals surface area contributed by atoms with E-state index in [1.807, 2.05) is 22.7 Å². The number of urea groups is 1. The summed E-state index contributed by atoms with van der Waals surface area (Å²) in [6.45, 7) is 1.33. The highest BCUT2D eigenvalue weighted by molar-refractivity contribution is 5.93. The van der Waals surface area contributed by atoms with Crippen LogP contribution in [0.5, 0.6) is 0 Å². The summed E-state index contributed by atoms with van der Waals surface area (Å²) in [4.78, 5) is 12.1. The number of nitrogens with zero attached hydrogens (tertiary/aromatic N) is 3. The number of anilines is 1. The topological polar surface area (TPSA) is 80.5 Å². The SMILES string of the molecule is O=C(NC[C@@H]1CCCO1)Nc1cccn2c(C3CCC3)nnc12. The van der Waals surface area contributed by atoms with Gasteiger partial charge in [0.1, 0.15) is 5.82 Å². The third-order valence-corrected chi connectivity index (χ3v) is 4.69. The molecule has 0 unspecified atom stereocenters. The maximum absolute atomic E-state index is 12.1. The number of nitrogens with one attached hydrogen (secondary N) is 2. The first-order chi connectivity index (χ1) is 11.3. The molecule has 1 saturated carbocycles. The standard InChI is InChI=1S/C16H21N5O2/c22-16(17-10-12-6-3-9-23-12)18-13-7-2-8-21-14(11-4-1-5-11)19-20-15(13)21/h2,7-8,11-12H,1,3-6,9-10H2,(H2,17,18,22)/t12-/m0/s1. The first kappa shape index (κ1) is 14.4. The third kappa shape index (κ3) is 2.88. The molecule has 2 aliphatic rings. The minimum atomic E-state index is -0.234. The molecule has 0 spiro atoms. The summed E-state index contributed by atoms with van der Waals surface area (Å²) < 4.78 is 7.49. The summed E-state index contributed by atoms with van der Waals surface area (Å²) in [5.74, 6) is 1.49. The predicted octanol–water partition coefficient (Wildman–Crippen LogP) is 2.30. The quantitative estimate of drug-likeness (QED) is 0.907. The van der Waals surface area contributed by atoms with E-state index in [1.165, 1.54) is 19.3 Å². The molecule has 122 valence electrons. The van der Waals surface area contributed by atoms with Gasteiger partial charge in [-0.2, -0.15) is 0 Å². The van der Waals surface area contributed by atoms with E-state index >= 15 is 0 Å². The molecule has 23 heavy (non-hydrogen) atoms. The van der Waals surface area contributed by atoms with Gasteiger partial charge in [-0.1, -0.05) is 6.42 Å². The van der Waals surface area contributed by atoms with Crippen molar-refractivity contribution in [2.45, 2.75) is 44.1 Å². The average molecular weight is 315 g/mol. The van der Waals surface area contributed by atoms with Gasteiger partial charge >= 0.3 is 6.03 Å². The molecule has 0 radical (unpaired) electrons. The van der Waals surface area contributed by atoms with Crippen molar-refractivity contribution in [3.05, 3.63) is 24.2 Å². The Morgan fingerprint density at radius 2 is 2.22 bits per heavy atom. The smallest absolute Gasteiger partial charge is 0.319 e. The zero-order chi connectivity index (χ0) is 15.6. The maximum Gasteiger partial charge on any atom is 0.319 e. The molecule has 0 aromatic carbocycles. The van der Waals surface area contributed by atoms with E-state index in [0.717, 1.165) is 25.3 Å². The van der Waals surface area contributed by atoms with E-state index in [4.69, 9.17) is 4.74 Å². The average Bonchev–Trinajstić information content (AvgIpc) is 3.14. The molecule has 1 aliphatic carbocycles. The molecule has 2 fully saturated rings. The molecule has 1 aliphatic heterocycles. The Hall–Kier alpha value is -2.15. The Bertz CT molecular complexity index is 704. The van der Waals surface area contributed by atoms with Crippen LogP contribution < -0.4 is 10.6 Å². The van der Waals surface area contributed by atoms with Crippen LogP contribution in [0.2, 0.25) is 0 Å². The Morgan fingerprint density at radius 3 is 2.96 bits per heavy atom. The number of amides is 2. The van der Waals surface area contributed by atoms with E-state index in [-0.39, 0.29) is 12.1 Å². The van der Waals surface area contributed by atoms with Gasteiger partial charge in [0.25, 0.3) is 0 Å². The lowest BCUT2D eigenvalue weighted by molar-refractivity contribution is 0.112. The van der Waals surface area contributed by atoms with E-state index in [1.54, 1.807) is 0 Å². The normalized spacial score (nSPS) is 21.3. The molecule has 7 nitrogen and oxygen atoms in total. The number of rotatable bonds is 4. The lowest BCUT2D eigenvalue weighted by atomic mass is 9.85. The van der Waals surface area contributed by atoms with Crippen LogP contribution in [0.15, 0.2) is 18.3 Å². The summed E-state index contributed by atoms with van der Waals surface area (Å²) in [6, 6.07) is 3.52. The first-order valence-electron chi connectivity index (χ1n) is 8.31. The summed E-state index contributed by atoms with van der Waals surface area (Å²) in [7, 11) is 0. The second-order valence-corrected chi connectivity index (χ2v) is 6.27. The van der Waals surface area contributed by atoms with E-state index in [2.05, 4.69) is 20.8 Å². The van der Waals surface area contributed by atoms with Gasteiger partial charge in [0.05, 0.1) is 11.8 Å². The van der Waals surface area contributed by atoms with Gasteiger partial charge in [-0.3, -0.25) is 4.40 Å². The van der Waals surface area contributed by atoms with Crippen molar-refractivity contribution in [2.24, 2.45) is 0 Å². The van der Waals surface area contributed by atoms with Crippen molar-refractivity contribution in [1.82, 2.24) is 19.9 Å².